The Hall–Kier alpha value is -1.60. The maximum atomic E-state index is 12.6. The molecule has 0 spiro atoms. The van der Waals surface area contributed by atoms with E-state index in [1.807, 2.05) is 19.9 Å². The summed E-state index contributed by atoms with van der Waals surface area (Å²) in [7, 11) is -1.42. The molecule has 6 nitrogen and oxygen atoms in total. The van der Waals surface area contributed by atoms with Crippen LogP contribution in [0.2, 0.25) is 5.02 Å². The summed E-state index contributed by atoms with van der Waals surface area (Å²) >= 11 is 6.22. The lowest BCUT2D eigenvalue weighted by atomic mass is 10.1. The molecule has 26 heavy (non-hydrogen) atoms. The van der Waals surface area contributed by atoms with Gasteiger partial charge in [-0.2, -0.15) is 0 Å². The minimum atomic E-state index is -3.05. The highest BCUT2D eigenvalue weighted by molar-refractivity contribution is 7.91. The van der Waals surface area contributed by atoms with Crippen molar-refractivity contribution in [2.45, 2.75) is 32.7 Å². The van der Waals surface area contributed by atoms with Crippen molar-refractivity contribution >= 4 is 38.9 Å². The Balaban J connectivity index is 1.61. The van der Waals surface area contributed by atoms with Gasteiger partial charge >= 0.3 is 0 Å². The van der Waals surface area contributed by atoms with Crippen LogP contribution in [-0.2, 0) is 19.4 Å². The summed E-state index contributed by atoms with van der Waals surface area (Å²) in [6.45, 7) is 3.80. The van der Waals surface area contributed by atoms with E-state index < -0.39 is 9.84 Å². The molecule has 3 rings (SSSR count). The maximum Gasteiger partial charge on any atom is 0.228 e. The van der Waals surface area contributed by atoms with Crippen LogP contribution in [0, 0.1) is 25.7 Å². The van der Waals surface area contributed by atoms with Crippen molar-refractivity contribution < 1.29 is 18.0 Å². The van der Waals surface area contributed by atoms with Crippen LogP contribution in [0.1, 0.15) is 24.0 Å². The van der Waals surface area contributed by atoms with Gasteiger partial charge < -0.3 is 10.2 Å². The third-order valence-corrected chi connectivity index (χ3v) is 7.28. The number of carbonyl (C=O) groups is 2. The first-order chi connectivity index (χ1) is 12.1. The predicted molar refractivity (Wildman–Crippen MR) is 101 cm³/mol. The lowest BCUT2D eigenvalue weighted by molar-refractivity contribution is -0.134. The third-order valence-electron chi connectivity index (χ3n) is 5.23. The zero-order valence-corrected chi connectivity index (χ0v) is 16.7. The minimum absolute atomic E-state index is 0.0109. The first-order valence-corrected chi connectivity index (χ1v) is 10.8. The summed E-state index contributed by atoms with van der Waals surface area (Å²) in [5.41, 5.74) is 2.47. The Morgan fingerprint density at radius 2 is 1.92 bits per heavy atom. The zero-order chi connectivity index (χ0) is 19.2. The average Bonchev–Trinajstić information content (AvgIpc) is 3.26. The largest absolute Gasteiger partial charge is 0.341 e. The van der Waals surface area contributed by atoms with Crippen molar-refractivity contribution in [3.8, 4) is 0 Å². The number of nitrogens with zero attached hydrogens (tertiary/aromatic N) is 1. The van der Waals surface area contributed by atoms with Gasteiger partial charge in [-0.05, 0) is 43.9 Å². The molecule has 8 heteroatoms. The zero-order valence-electron chi connectivity index (χ0n) is 15.1. The second kappa shape index (κ2) is 6.85. The lowest BCUT2D eigenvalue weighted by Crippen LogP contribution is -2.39. The summed E-state index contributed by atoms with van der Waals surface area (Å²) in [6.07, 6.45) is 0.948. The van der Waals surface area contributed by atoms with E-state index in [1.54, 1.807) is 13.1 Å². The Bertz CT molecular complexity index is 845. The molecule has 1 aromatic rings. The minimum Gasteiger partial charge on any atom is -0.341 e. The molecule has 1 aliphatic carbocycles. The molecular weight excluding hydrogens is 376 g/mol. The van der Waals surface area contributed by atoms with Crippen LogP contribution in [0.5, 0.6) is 0 Å². The van der Waals surface area contributed by atoms with Gasteiger partial charge in [0.1, 0.15) is 0 Å². The van der Waals surface area contributed by atoms with Crippen molar-refractivity contribution in [3.05, 3.63) is 28.3 Å². The third kappa shape index (κ3) is 3.88. The fraction of sp³-hybridized carbons (Fsp3) is 0.556. The smallest absolute Gasteiger partial charge is 0.228 e. The quantitative estimate of drug-likeness (QED) is 0.842. The SMILES string of the molecule is Cc1cc(C)c(NC(=O)C2CC2C(=O)N(C)C2CCS(=O)(=O)C2)c(Cl)c1. The molecule has 1 saturated heterocycles. The Labute approximate surface area is 158 Å². The van der Waals surface area contributed by atoms with Crippen LogP contribution in [0.25, 0.3) is 0 Å². The molecule has 1 N–H and O–H groups in total. The van der Waals surface area contributed by atoms with E-state index in [-0.39, 0.29) is 41.2 Å². The molecule has 1 aromatic carbocycles. The van der Waals surface area contributed by atoms with Gasteiger partial charge in [0.2, 0.25) is 11.8 Å². The summed E-state index contributed by atoms with van der Waals surface area (Å²) in [4.78, 5) is 26.6. The van der Waals surface area contributed by atoms with E-state index in [4.69, 9.17) is 11.6 Å². The molecular formula is C18H23ClN2O4S. The molecule has 2 aliphatic rings. The number of carbonyl (C=O) groups excluding carboxylic acids is 2. The fourth-order valence-corrected chi connectivity index (χ4v) is 5.71. The molecule has 2 fully saturated rings. The number of hydrogen-bond donors (Lipinski definition) is 1. The van der Waals surface area contributed by atoms with E-state index in [0.717, 1.165) is 11.1 Å². The maximum absolute atomic E-state index is 12.6. The number of halogens is 1. The van der Waals surface area contributed by atoms with E-state index in [9.17, 15) is 18.0 Å². The average molecular weight is 399 g/mol. The van der Waals surface area contributed by atoms with E-state index in [0.29, 0.717) is 23.6 Å². The van der Waals surface area contributed by atoms with Crippen LogP contribution in [-0.4, -0.2) is 49.7 Å². The van der Waals surface area contributed by atoms with E-state index in [2.05, 4.69) is 5.32 Å². The highest BCUT2D eigenvalue weighted by Crippen LogP contribution is 2.42. The topological polar surface area (TPSA) is 83.6 Å². The molecule has 142 valence electrons. The number of aryl methyl sites for hydroxylation is 2. The lowest BCUT2D eigenvalue weighted by Gasteiger charge is -2.23. The number of amides is 2. The van der Waals surface area contributed by atoms with Crippen molar-refractivity contribution in [1.82, 2.24) is 4.90 Å². The summed E-state index contributed by atoms with van der Waals surface area (Å²) in [5, 5.41) is 3.32. The standard InChI is InChI=1S/C18H23ClN2O4S/c1-10-6-11(2)16(15(19)7-10)20-17(22)13-8-14(13)18(23)21(3)12-4-5-26(24,25)9-12/h6-7,12-14H,4-5,8-9H2,1-3H3,(H,20,22). The van der Waals surface area contributed by atoms with E-state index >= 15 is 0 Å². The van der Waals surface area contributed by atoms with E-state index in [1.165, 1.54) is 4.90 Å². The Kier molecular flexibility index (Phi) is 5.05. The first kappa shape index (κ1) is 19.2. The van der Waals surface area contributed by atoms with Gasteiger partial charge in [0.25, 0.3) is 0 Å². The van der Waals surface area contributed by atoms with Gasteiger partial charge in [-0.1, -0.05) is 17.7 Å². The van der Waals surface area contributed by atoms with Gasteiger partial charge in [0.05, 0.1) is 34.1 Å². The van der Waals surface area contributed by atoms with Gasteiger partial charge in [-0.3, -0.25) is 9.59 Å². The second-order valence-corrected chi connectivity index (χ2v) is 10.0. The number of anilines is 1. The highest BCUT2D eigenvalue weighted by Gasteiger charge is 2.50. The number of benzene rings is 1. The molecule has 0 radical (unpaired) electrons. The molecule has 0 aromatic heterocycles. The molecule has 0 bridgehead atoms. The summed E-state index contributed by atoms with van der Waals surface area (Å²) < 4.78 is 23.2. The van der Waals surface area contributed by atoms with Crippen LogP contribution in [0.15, 0.2) is 12.1 Å². The van der Waals surface area contributed by atoms with Crippen LogP contribution < -0.4 is 5.32 Å². The van der Waals surface area contributed by atoms with Crippen molar-refractivity contribution in [2.75, 3.05) is 23.9 Å². The molecule has 1 heterocycles. The summed E-state index contributed by atoms with van der Waals surface area (Å²) in [6, 6.07) is 3.44. The number of hydrogen-bond acceptors (Lipinski definition) is 4. The normalized spacial score (nSPS) is 26.4. The second-order valence-electron chi connectivity index (χ2n) is 7.38. The highest BCUT2D eigenvalue weighted by atomic mass is 35.5. The van der Waals surface area contributed by atoms with Crippen LogP contribution in [0.4, 0.5) is 5.69 Å². The van der Waals surface area contributed by atoms with Crippen molar-refractivity contribution in [1.29, 1.82) is 0 Å². The monoisotopic (exact) mass is 398 g/mol. The molecule has 1 saturated carbocycles. The first-order valence-electron chi connectivity index (χ1n) is 8.64. The Morgan fingerprint density at radius 3 is 2.50 bits per heavy atom. The number of sulfone groups is 1. The Morgan fingerprint density at radius 1 is 1.23 bits per heavy atom. The van der Waals surface area contributed by atoms with Crippen LogP contribution in [0.3, 0.4) is 0 Å². The molecule has 3 atom stereocenters. The van der Waals surface area contributed by atoms with Crippen molar-refractivity contribution in [2.24, 2.45) is 11.8 Å². The molecule has 3 unspecified atom stereocenters. The predicted octanol–water partition coefficient (Wildman–Crippen LogP) is 2.18. The van der Waals surface area contributed by atoms with Gasteiger partial charge in [0.15, 0.2) is 9.84 Å². The summed E-state index contributed by atoms with van der Waals surface area (Å²) in [5.74, 6) is -1.01. The van der Waals surface area contributed by atoms with Crippen molar-refractivity contribution in [3.63, 3.8) is 0 Å². The molecule has 2 amide bonds. The van der Waals surface area contributed by atoms with Crippen LogP contribution >= 0.6 is 11.6 Å². The van der Waals surface area contributed by atoms with Gasteiger partial charge in [-0.15, -0.1) is 0 Å². The van der Waals surface area contributed by atoms with Gasteiger partial charge in [-0.25, -0.2) is 8.42 Å². The fourth-order valence-electron chi connectivity index (χ4n) is 3.57. The molecule has 1 aliphatic heterocycles. The number of nitrogens with one attached hydrogen (secondary N) is 1. The van der Waals surface area contributed by atoms with Gasteiger partial charge in [0, 0.05) is 13.1 Å². The number of rotatable bonds is 4.